The molecule has 6 rings (SSSR count). The van der Waals surface area contributed by atoms with Gasteiger partial charge < -0.3 is 4.42 Å². The molecule has 0 saturated carbocycles. The Hall–Kier alpha value is -4.24. The van der Waals surface area contributed by atoms with Gasteiger partial charge in [0.15, 0.2) is 0 Å². The molecule has 0 fully saturated rings. The highest BCUT2D eigenvalue weighted by Crippen LogP contribution is 2.38. The SMILES string of the molecule is Cc1cc(-c2ccccc2)cc(C)c1-c1ccc2c(n1)oc1c(-c3cc(C(C)(C)C)ccn3)cccc12. The van der Waals surface area contributed by atoms with Gasteiger partial charge in [0, 0.05) is 28.1 Å². The molecular formula is C34H30N2O. The van der Waals surface area contributed by atoms with E-state index in [-0.39, 0.29) is 5.41 Å². The lowest BCUT2D eigenvalue weighted by molar-refractivity contribution is 0.589. The minimum Gasteiger partial charge on any atom is -0.437 e. The molecule has 0 aliphatic carbocycles. The fourth-order valence-electron chi connectivity index (χ4n) is 5.23. The summed E-state index contributed by atoms with van der Waals surface area (Å²) in [6.45, 7) is 11.0. The third-order valence-corrected chi connectivity index (χ3v) is 7.16. The van der Waals surface area contributed by atoms with Crippen LogP contribution in [0.5, 0.6) is 0 Å². The fraction of sp³-hybridized carbons (Fsp3) is 0.176. The highest BCUT2D eigenvalue weighted by Gasteiger charge is 2.19. The second kappa shape index (κ2) is 8.70. The van der Waals surface area contributed by atoms with Crippen LogP contribution >= 0.6 is 0 Å². The first-order valence-electron chi connectivity index (χ1n) is 12.8. The monoisotopic (exact) mass is 482 g/mol. The maximum Gasteiger partial charge on any atom is 0.227 e. The topological polar surface area (TPSA) is 38.9 Å². The average Bonchev–Trinajstić information content (AvgIpc) is 3.26. The number of benzene rings is 3. The molecule has 0 aliphatic heterocycles. The van der Waals surface area contributed by atoms with Crippen LogP contribution in [0.15, 0.2) is 95.5 Å². The maximum atomic E-state index is 6.45. The van der Waals surface area contributed by atoms with E-state index in [1.54, 1.807) is 0 Å². The van der Waals surface area contributed by atoms with Crippen molar-refractivity contribution in [3.05, 3.63) is 108 Å². The minimum atomic E-state index is 0.0434. The lowest BCUT2D eigenvalue weighted by atomic mass is 9.87. The Labute approximate surface area is 217 Å². The fourth-order valence-corrected chi connectivity index (χ4v) is 5.23. The third-order valence-electron chi connectivity index (χ3n) is 7.16. The van der Waals surface area contributed by atoms with E-state index in [1.165, 1.54) is 27.8 Å². The van der Waals surface area contributed by atoms with E-state index in [1.807, 2.05) is 12.3 Å². The number of para-hydroxylation sites is 1. The van der Waals surface area contributed by atoms with Crippen molar-refractivity contribution in [1.82, 2.24) is 9.97 Å². The summed E-state index contributed by atoms with van der Waals surface area (Å²) < 4.78 is 6.45. The number of pyridine rings is 2. The standard InChI is InChI=1S/C34H30N2O/c1-21-18-24(23-10-7-6-8-11-23)19-22(2)31(21)29-15-14-27-26-12-9-13-28(32(26)37-33(27)36-29)30-20-25(16-17-35-30)34(3,4)5/h6-20H,1-5H3. The van der Waals surface area contributed by atoms with Crippen molar-refractivity contribution in [1.29, 1.82) is 0 Å². The smallest absolute Gasteiger partial charge is 0.227 e. The van der Waals surface area contributed by atoms with E-state index in [9.17, 15) is 0 Å². The normalized spacial score (nSPS) is 11.9. The summed E-state index contributed by atoms with van der Waals surface area (Å²) in [4.78, 5) is 9.70. The average molecular weight is 483 g/mol. The van der Waals surface area contributed by atoms with Crippen molar-refractivity contribution in [2.75, 3.05) is 0 Å². The number of nitrogens with zero attached hydrogens (tertiary/aromatic N) is 2. The quantitative estimate of drug-likeness (QED) is 0.252. The predicted octanol–water partition coefficient (Wildman–Crippen LogP) is 9.29. The number of aryl methyl sites for hydroxylation is 2. The molecule has 3 aromatic carbocycles. The first-order valence-corrected chi connectivity index (χ1v) is 12.8. The lowest BCUT2D eigenvalue weighted by Crippen LogP contribution is -2.11. The van der Waals surface area contributed by atoms with Crippen LogP contribution in [0.1, 0.15) is 37.5 Å². The molecule has 0 atom stereocenters. The van der Waals surface area contributed by atoms with E-state index < -0.39 is 0 Å². The van der Waals surface area contributed by atoms with E-state index in [4.69, 9.17) is 9.40 Å². The number of fused-ring (bicyclic) bond motifs is 3. The molecule has 0 amide bonds. The molecule has 3 heteroatoms. The van der Waals surface area contributed by atoms with Gasteiger partial charge in [-0.3, -0.25) is 4.98 Å². The summed E-state index contributed by atoms with van der Waals surface area (Å²) in [5.41, 5.74) is 11.6. The van der Waals surface area contributed by atoms with Crippen LogP contribution in [-0.2, 0) is 5.41 Å². The Morgan fingerprint density at radius 2 is 1.43 bits per heavy atom. The molecule has 3 aromatic heterocycles. The summed E-state index contributed by atoms with van der Waals surface area (Å²) in [6, 6.07) is 29.7. The van der Waals surface area contributed by atoms with Crippen molar-refractivity contribution in [3.8, 4) is 33.6 Å². The molecule has 3 heterocycles. The number of furan rings is 1. The zero-order valence-corrected chi connectivity index (χ0v) is 22.0. The summed E-state index contributed by atoms with van der Waals surface area (Å²) in [7, 11) is 0. The first-order chi connectivity index (χ1) is 17.8. The van der Waals surface area contributed by atoms with Gasteiger partial charge >= 0.3 is 0 Å². The van der Waals surface area contributed by atoms with Gasteiger partial charge in [-0.05, 0) is 77.4 Å². The van der Waals surface area contributed by atoms with E-state index in [0.29, 0.717) is 5.71 Å². The van der Waals surface area contributed by atoms with E-state index in [2.05, 4.69) is 118 Å². The Morgan fingerprint density at radius 3 is 2.16 bits per heavy atom. The first kappa shape index (κ1) is 23.2. The highest BCUT2D eigenvalue weighted by molar-refractivity contribution is 6.08. The number of hydrogen-bond donors (Lipinski definition) is 0. The van der Waals surface area contributed by atoms with Crippen molar-refractivity contribution >= 4 is 22.1 Å². The van der Waals surface area contributed by atoms with Crippen LogP contribution in [-0.4, -0.2) is 9.97 Å². The van der Waals surface area contributed by atoms with Crippen LogP contribution in [0, 0.1) is 13.8 Å². The Bertz CT molecular complexity index is 1750. The van der Waals surface area contributed by atoms with Crippen LogP contribution in [0.25, 0.3) is 55.7 Å². The van der Waals surface area contributed by atoms with Crippen molar-refractivity contribution in [2.24, 2.45) is 0 Å². The zero-order chi connectivity index (χ0) is 25.7. The van der Waals surface area contributed by atoms with Gasteiger partial charge in [0.25, 0.3) is 0 Å². The molecule has 182 valence electrons. The van der Waals surface area contributed by atoms with Gasteiger partial charge in [-0.1, -0.05) is 75.4 Å². The largest absolute Gasteiger partial charge is 0.437 e. The molecule has 0 bridgehead atoms. The van der Waals surface area contributed by atoms with Crippen molar-refractivity contribution < 1.29 is 4.42 Å². The summed E-state index contributed by atoms with van der Waals surface area (Å²) in [5.74, 6) is 0. The Balaban J connectivity index is 1.47. The molecule has 0 saturated heterocycles. The van der Waals surface area contributed by atoms with E-state index >= 15 is 0 Å². The molecular weight excluding hydrogens is 452 g/mol. The molecule has 0 N–H and O–H groups in total. The van der Waals surface area contributed by atoms with Gasteiger partial charge in [-0.25, -0.2) is 4.98 Å². The molecule has 0 spiro atoms. The molecule has 0 unspecified atom stereocenters. The van der Waals surface area contributed by atoms with Crippen LogP contribution in [0.4, 0.5) is 0 Å². The van der Waals surface area contributed by atoms with Crippen molar-refractivity contribution in [2.45, 2.75) is 40.0 Å². The van der Waals surface area contributed by atoms with Crippen molar-refractivity contribution in [3.63, 3.8) is 0 Å². The highest BCUT2D eigenvalue weighted by atomic mass is 16.3. The minimum absolute atomic E-state index is 0.0434. The zero-order valence-electron chi connectivity index (χ0n) is 22.0. The van der Waals surface area contributed by atoms with Crippen LogP contribution < -0.4 is 0 Å². The van der Waals surface area contributed by atoms with Gasteiger partial charge in [0.1, 0.15) is 5.58 Å². The summed E-state index contributed by atoms with van der Waals surface area (Å²) in [6.07, 6.45) is 1.89. The predicted molar refractivity (Wildman–Crippen MR) is 154 cm³/mol. The summed E-state index contributed by atoms with van der Waals surface area (Å²) in [5, 5.41) is 2.08. The molecule has 3 nitrogen and oxygen atoms in total. The molecule has 6 aromatic rings. The maximum absolute atomic E-state index is 6.45. The number of rotatable bonds is 3. The Kier molecular flexibility index (Phi) is 5.45. The second-order valence-electron chi connectivity index (χ2n) is 10.9. The van der Waals surface area contributed by atoms with E-state index in [0.717, 1.165) is 38.9 Å². The van der Waals surface area contributed by atoms with Gasteiger partial charge in [0.2, 0.25) is 5.71 Å². The van der Waals surface area contributed by atoms with Crippen LogP contribution in [0.2, 0.25) is 0 Å². The molecule has 0 radical (unpaired) electrons. The molecule has 37 heavy (non-hydrogen) atoms. The second-order valence-corrected chi connectivity index (χ2v) is 10.9. The lowest BCUT2D eigenvalue weighted by Gasteiger charge is -2.19. The third kappa shape index (κ3) is 4.11. The van der Waals surface area contributed by atoms with Gasteiger partial charge in [-0.15, -0.1) is 0 Å². The molecule has 0 aliphatic rings. The number of aromatic nitrogens is 2. The summed E-state index contributed by atoms with van der Waals surface area (Å²) >= 11 is 0. The number of hydrogen-bond acceptors (Lipinski definition) is 3. The Morgan fingerprint density at radius 1 is 0.676 bits per heavy atom. The van der Waals surface area contributed by atoms with Gasteiger partial charge in [-0.2, -0.15) is 0 Å². The van der Waals surface area contributed by atoms with Crippen LogP contribution in [0.3, 0.4) is 0 Å². The van der Waals surface area contributed by atoms with Gasteiger partial charge in [0.05, 0.1) is 11.4 Å².